The van der Waals surface area contributed by atoms with Gasteiger partial charge in [-0.3, -0.25) is 4.79 Å². The molecule has 0 aliphatic rings. The second kappa shape index (κ2) is 5.36. The van der Waals surface area contributed by atoms with Crippen molar-refractivity contribution in [3.8, 4) is 0 Å². The van der Waals surface area contributed by atoms with E-state index in [4.69, 9.17) is 5.11 Å². The van der Waals surface area contributed by atoms with Crippen molar-refractivity contribution in [2.75, 3.05) is 7.05 Å². The van der Waals surface area contributed by atoms with E-state index in [9.17, 15) is 9.59 Å². The first-order chi connectivity index (χ1) is 9.47. The summed E-state index contributed by atoms with van der Waals surface area (Å²) >= 11 is 0. The van der Waals surface area contributed by atoms with Gasteiger partial charge < -0.3 is 14.6 Å². The van der Waals surface area contributed by atoms with Gasteiger partial charge in [0.2, 0.25) is 0 Å². The number of fused-ring (bicyclic) bond motifs is 1. The first-order valence-corrected chi connectivity index (χ1v) is 6.51. The molecule has 106 valence electrons. The highest BCUT2D eigenvalue weighted by Gasteiger charge is 2.27. The number of aromatic nitrogens is 1. The van der Waals surface area contributed by atoms with Crippen molar-refractivity contribution in [1.29, 1.82) is 0 Å². The van der Waals surface area contributed by atoms with E-state index in [1.54, 1.807) is 13.1 Å². The van der Waals surface area contributed by atoms with E-state index in [1.165, 1.54) is 11.9 Å². The lowest BCUT2D eigenvalue weighted by atomic mass is 10.1. The van der Waals surface area contributed by atoms with Gasteiger partial charge in [0, 0.05) is 31.2 Å². The summed E-state index contributed by atoms with van der Waals surface area (Å²) in [4.78, 5) is 25.0. The first-order valence-electron chi connectivity index (χ1n) is 6.51. The average molecular weight is 274 g/mol. The minimum atomic E-state index is -0.983. The number of amides is 1. The molecule has 1 N–H and O–H groups in total. The molecule has 5 heteroatoms. The largest absolute Gasteiger partial charge is 0.480 e. The number of aliphatic carboxylic acids is 1. The number of aryl methyl sites for hydroxylation is 1. The molecule has 2 rings (SSSR count). The Morgan fingerprint density at radius 1 is 1.35 bits per heavy atom. The molecule has 1 aromatic carbocycles. The second-order valence-corrected chi connectivity index (χ2v) is 4.85. The van der Waals surface area contributed by atoms with Crippen LogP contribution in [0.15, 0.2) is 30.5 Å². The van der Waals surface area contributed by atoms with Crippen LogP contribution in [0.1, 0.15) is 23.7 Å². The van der Waals surface area contributed by atoms with Crippen LogP contribution < -0.4 is 0 Å². The Kier molecular flexibility index (Phi) is 3.79. The van der Waals surface area contributed by atoms with Crippen LogP contribution in [-0.2, 0) is 11.8 Å². The summed E-state index contributed by atoms with van der Waals surface area (Å²) in [5.41, 5.74) is 1.48. The molecule has 1 heterocycles. The fourth-order valence-electron chi connectivity index (χ4n) is 2.46. The van der Waals surface area contributed by atoms with E-state index in [0.717, 1.165) is 10.9 Å². The summed E-state index contributed by atoms with van der Waals surface area (Å²) in [6, 6.07) is 6.78. The smallest absolute Gasteiger partial charge is 0.326 e. The highest BCUT2D eigenvalue weighted by atomic mass is 16.4. The normalized spacial score (nSPS) is 12.3. The summed E-state index contributed by atoms with van der Waals surface area (Å²) in [6.45, 7) is 1.76. The quantitative estimate of drug-likeness (QED) is 0.928. The summed E-state index contributed by atoms with van der Waals surface area (Å²) in [6.07, 6.45) is 2.13. The lowest BCUT2D eigenvalue weighted by Gasteiger charge is -2.23. The lowest BCUT2D eigenvalue weighted by molar-refractivity contribution is -0.142. The van der Waals surface area contributed by atoms with Crippen LogP contribution in [-0.4, -0.2) is 39.5 Å². The predicted molar refractivity (Wildman–Crippen MR) is 76.7 cm³/mol. The van der Waals surface area contributed by atoms with Crippen molar-refractivity contribution in [3.63, 3.8) is 0 Å². The SMILES string of the molecule is CCC(C(=O)O)N(C)C(=O)c1cn(C)c2ccccc12. The van der Waals surface area contributed by atoms with E-state index < -0.39 is 12.0 Å². The molecule has 0 spiro atoms. The third kappa shape index (κ3) is 2.27. The fraction of sp³-hybridized carbons (Fsp3) is 0.333. The Labute approximate surface area is 117 Å². The van der Waals surface area contributed by atoms with E-state index in [1.807, 2.05) is 35.9 Å². The van der Waals surface area contributed by atoms with Crippen LogP contribution >= 0.6 is 0 Å². The highest BCUT2D eigenvalue weighted by molar-refractivity contribution is 6.07. The Balaban J connectivity index is 2.43. The number of carboxylic acid groups (broad SMARTS) is 1. The number of hydrogen-bond donors (Lipinski definition) is 1. The topological polar surface area (TPSA) is 62.5 Å². The van der Waals surface area contributed by atoms with E-state index in [2.05, 4.69) is 0 Å². The van der Waals surface area contributed by atoms with Gasteiger partial charge in [0.1, 0.15) is 6.04 Å². The van der Waals surface area contributed by atoms with Crippen LogP contribution in [0.2, 0.25) is 0 Å². The number of carbonyl (C=O) groups is 2. The molecule has 5 nitrogen and oxygen atoms in total. The first kappa shape index (κ1) is 14.1. The van der Waals surface area contributed by atoms with Gasteiger partial charge in [-0.1, -0.05) is 25.1 Å². The zero-order valence-corrected chi connectivity index (χ0v) is 11.8. The van der Waals surface area contributed by atoms with E-state index >= 15 is 0 Å². The zero-order chi connectivity index (χ0) is 14.9. The van der Waals surface area contributed by atoms with Crippen LogP contribution in [0, 0.1) is 0 Å². The van der Waals surface area contributed by atoms with Crippen LogP contribution in [0.3, 0.4) is 0 Å². The molecule has 0 saturated heterocycles. The van der Waals surface area contributed by atoms with Crippen molar-refractivity contribution in [2.45, 2.75) is 19.4 Å². The molecular formula is C15H18N2O3. The van der Waals surface area contributed by atoms with Gasteiger partial charge in [-0.15, -0.1) is 0 Å². The number of carboxylic acids is 1. The molecule has 2 aromatic rings. The summed E-state index contributed by atoms with van der Waals surface area (Å²) < 4.78 is 1.87. The molecular weight excluding hydrogens is 256 g/mol. The maximum Gasteiger partial charge on any atom is 0.326 e. The van der Waals surface area contributed by atoms with Gasteiger partial charge in [0.05, 0.1) is 5.56 Å². The number of carbonyl (C=O) groups excluding carboxylic acids is 1. The average Bonchev–Trinajstić information content (AvgIpc) is 2.76. The molecule has 20 heavy (non-hydrogen) atoms. The summed E-state index contributed by atoms with van der Waals surface area (Å²) in [5, 5.41) is 10.00. The Bertz CT molecular complexity index is 660. The van der Waals surface area contributed by atoms with Crippen molar-refractivity contribution in [2.24, 2.45) is 7.05 Å². The summed E-state index contributed by atoms with van der Waals surface area (Å²) in [5.74, 6) is -1.25. The number of hydrogen-bond acceptors (Lipinski definition) is 2. The molecule has 0 aliphatic carbocycles. The Morgan fingerprint density at radius 2 is 2.00 bits per heavy atom. The van der Waals surface area contributed by atoms with Crippen molar-refractivity contribution < 1.29 is 14.7 Å². The van der Waals surface area contributed by atoms with Gasteiger partial charge >= 0.3 is 5.97 Å². The number of benzene rings is 1. The zero-order valence-electron chi connectivity index (χ0n) is 11.8. The van der Waals surface area contributed by atoms with E-state index in [-0.39, 0.29) is 5.91 Å². The van der Waals surface area contributed by atoms with Crippen LogP contribution in [0.4, 0.5) is 0 Å². The Hall–Kier alpha value is -2.30. The van der Waals surface area contributed by atoms with Gasteiger partial charge in [-0.05, 0) is 12.5 Å². The fourth-order valence-corrected chi connectivity index (χ4v) is 2.46. The lowest BCUT2D eigenvalue weighted by Crippen LogP contribution is -2.41. The van der Waals surface area contributed by atoms with E-state index in [0.29, 0.717) is 12.0 Å². The number of rotatable bonds is 4. The maximum absolute atomic E-state index is 12.5. The third-order valence-corrected chi connectivity index (χ3v) is 3.59. The molecule has 1 unspecified atom stereocenters. The number of para-hydroxylation sites is 1. The highest BCUT2D eigenvalue weighted by Crippen LogP contribution is 2.22. The van der Waals surface area contributed by atoms with Gasteiger partial charge in [0.25, 0.3) is 5.91 Å². The molecule has 1 amide bonds. The van der Waals surface area contributed by atoms with Gasteiger partial charge in [-0.25, -0.2) is 4.79 Å². The Morgan fingerprint density at radius 3 is 2.60 bits per heavy atom. The molecule has 0 fully saturated rings. The van der Waals surface area contributed by atoms with Crippen molar-refractivity contribution in [1.82, 2.24) is 9.47 Å². The van der Waals surface area contributed by atoms with Crippen LogP contribution in [0.5, 0.6) is 0 Å². The monoisotopic (exact) mass is 274 g/mol. The predicted octanol–water partition coefficient (Wildman–Crippen LogP) is 2.11. The molecule has 1 atom stereocenters. The van der Waals surface area contributed by atoms with Crippen molar-refractivity contribution in [3.05, 3.63) is 36.0 Å². The maximum atomic E-state index is 12.5. The summed E-state index contributed by atoms with van der Waals surface area (Å²) in [7, 11) is 3.40. The van der Waals surface area contributed by atoms with Crippen molar-refractivity contribution >= 4 is 22.8 Å². The molecule has 0 radical (unpaired) electrons. The minimum Gasteiger partial charge on any atom is -0.480 e. The minimum absolute atomic E-state index is 0.268. The molecule has 0 aliphatic heterocycles. The van der Waals surface area contributed by atoms with Gasteiger partial charge in [-0.2, -0.15) is 0 Å². The molecule has 1 aromatic heterocycles. The third-order valence-electron chi connectivity index (χ3n) is 3.59. The van der Waals surface area contributed by atoms with Gasteiger partial charge in [0.15, 0.2) is 0 Å². The second-order valence-electron chi connectivity index (χ2n) is 4.85. The number of nitrogens with zero attached hydrogens (tertiary/aromatic N) is 2. The standard InChI is InChI=1S/C15H18N2O3/c1-4-12(15(19)20)17(3)14(18)11-9-16(2)13-8-6-5-7-10(11)13/h5-9,12H,4H2,1-3H3,(H,19,20). The molecule has 0 saturated carbocycles. The molecule has 0 bridgehead atoms. The van der Waals surface area contributed by atoms with Crippen LogP contribution in [0.25, 0.3) is 10.9 Å². The number of likely N-dealkylation sites (N-methyl/N-ethyl adjacent to an activating group) is 1.